The van der Waals surface area contributed by atoms with Gasteiger partial charge >= 0.3 is 0 Å². The third-order valence-corrected chi connectivity index (χ3v) is 5.70. The van der Waals surface area contributed by atoms with Gasteiger partial charge in [-0.05, 0) is 49.2 Å². The lowest BCUT2D eigenvalue weighted by molar-refractivity contribution is -0.139. The van der Waals surface area contributed by atoms with Crippen LogP contribution in [0.5, 0.6) is 17.2 Å². The van der Waals surface area contributed by atoms with Gasteiger partial charge in [0.25, 0.3) is 11.7 Å². The van der Waals surface area contributed by atoms with Gasteiger partial charge in [-0.25, -0.2) is 0 Å². The molecule has 2 aromatic carbocycles. The first-order valence-corrected chi connectivity index (χ1v) is 10.9. The Morgan fingerprint density at radius 3 is 2.59 bits per heavy atom. The lowest BCUT2D eigenvalue weighted by Gasteiger charge is -2.26. The van der Waals surface area contributed by atoms with Crippen molar-refractivity contribution < 1.29 is 28.9 Å². The van der Waals surface area contributed by atoms with Crippen LogP contribution in [-0.4, -0.2) is 48.1 Å². The van der Waals surface area contributed by atoms with Crippen LogP contribution in [0.3, 0.4) is 0 Å². The van der Waals surface area contributed by atoms with Gasteiger partial charge < -0.3 is 24.2 Å². The van der Waals surface area contributed by atoms with Crippen molar-refractivity contribution in [2.75, 3.05) is 26.4 Å². The fourth-order valence-electron chi connectivity index (χ4n) is 4.00. The molecular formula is C24H24ClNO6. The standard InChI is InChI=1S/C24H24ClNO6/c1-3-9-26-21(14-6-8-17-19(12-14)32-11-10-31-17)20(23(28)24(26)29)22(27)15-5-7-16(25)18(13-15)30-4-2/h5-8,12-13,21,27H,3-4,9-11H2,1-2H3/b22-20-. The minimum Gasteiger partial charge on any atom is -0.507 e. The van der Waals surface area contributed by atoms with Gasteiger partial charge in [0.05, 0.1) is 23.2 Å². The number of hydrogen-bond acceptors (Lipinski definition) is 6. The number of amides is 1. The number of Topliss-reactive ketones (excluding diaryl/α,β-unsaturated/α-hetero) is 1. The van der Waals surface area contributed by atoms with E-state index in [2.05, 4.69) is 0 Å². The maximum atomic E-state index is 13.0. The van der Waals surface area contributed by atoms with Gasteiger partial charge in [-0.15, -0.1) is 0 Å². The maximum absolute atomic E-state index is 13.0. The van der Waals surface area contributed by atoms with E-state index in [1.165, 1.54) is 4.90 Å². The molecule has 7 nitrogen and oxygen atoms in total. The van der Waals surface area contributed by atoms with E-state index in [9.17, 15) is 14.7 Å². The number of hydrogen-bond donors (Lipinski definition) is 1. The summed E-state index contributed by atoms with van der Waals surface area (Å²) >= 11 is 6.17. The van der Waals surface area contributed by atoms with E-state index in [-0.39, 0.29) is 11.3 Å². The van der Waals surface area contributed by atoms with Crippen LogP contribution in [0, 0.1) is 0 Å². The van der Waals surface area contributed by atoms with Crippen LogP contribution in [0.1, 0.15) is 37.4 Å². The molecular weight excluding hydrogens is 434 g/mol. The SMILES string of the molecule is CCCN1C(=O)C(=O)/C(=C(\O)c2ccc(Cl)c(OCC)c2)C1c1ccc2c(c1)OCCO2. The van der Waals surface area contributed by atoms with Gasteiger partial charge in [-0.3, -0.25) is 9.59 Å². The molecule has 0 radical (unpaired) electrons. The molecule has 168 valence electrons. The van der Waals surface area contributed by atoms with Gasteiger partial charge in [0.1, 0.15) is 24.7 Å². The summed E-state index contributed by atoms with van der Waals surface area (Å²) in [7, 11) is 0. The summed E-state index contributed by atoms with van der Waals surface area (Å²) in [6.45, 7) is 5.37. The number of aliphatic hydroxyl groups is 1. The average molecular weight is 458 g/mol. The molecule has 1 unspecified atom stereocenters. The summed E-state index contributed by atoms with van der Waals surface area (Å²) in [6.07, 6.45) is 0.656. The minimum absolute atomic E-state index is 0.0184. The van der Waals surface area contributed by atoms with Crippen LogP contribution >= 0.6 is 11.6 Å². The van der Waals surface area contributed by atoms with Crippen molar-refractivity contribution in [3.63, 3.8) is 0 Å². The number of nitrogens with zero attached hydrogens (tertiary/aromatic N) is 1. The Bertz CT molecular complexity index is 1100. The van der Waals surface area contributed by atoms with Crippen molar-refractivity contribution >= 4 is 29.1 Å². The highest BCUT2D eigenvalue weighted by Gasteiger charge is 2.46. The normalized spacial score (nSPS) is 19.3. The van der Waals surface area contributed by atoms with Crippen LogP contribution in [0.2, 0.25) is 5.02 Å². The molecule has 2 heterocycles. The van der Waals surface area contributed by atoms with Crippen molar-refractivity contribution in [2.24, 2.45) is 0 Å². The van der Waals surface area contributed by atoms with E-state index < -0.39 is 17.7 Å². The Morgan fingerprint density at radius 2 is 1.88 bits per heavy atom. The second-order valence-electron chi connectivity index (χ2n) is 7.47. The van der Waals surface area contributed by atoms with Crippen LogP contribution in [0.15, 0.2) is 42.0 Å². The van der Waals surface area contributed by atoms with Crippen LogP contribution in [-0.2, 0) is 9.59 Å². The smallest absolute Gasteiger partial charge is 0.295 e. The number of carbonyl (C=O) groups is 2. The molecule has 0 aromatic heterocycles. The Balaban J connectivity index is 1.85. The molecule has 8 heteroatoms. The van der Waals surface area contributed by atoms with Gasteiger partial charge in [0, 0.05) is 12.1 Å². The zero-order valence-corrected chi connectivity index (χ0v) is 18.6. The predicted octanol–water partition coefficient (Wildman–Crippen LogP) is 4.34. The fraction of sp³-hybridized carbons (Fsp3) is 0.333. The number of ketones is 1. The summed E-state index contributed by atoms with van der Waals surface area (Å²) in [5.41, 5.74) is 1.02. The summed E-state index contributed by atoms with van der Waals surface area (Å²) in [6, 6.07) is 9.29. The molecule has 32 heavy (non-hydrogen) atoms. The lowest BCUT2D eigenvalue weighted by atomic mass is 9.94. The van der Waals surface area contributed by atoms with Crippen LogP contribution in [0.25, 0.3) is 5.76 Å². The Labute approximate surface area is 191 Å². The second-order valence-corrected chi connectivity index (χ2v) is 7.88. The van der Waals surface area contributed by atoms with Crippen LogP contribution < -0.4 is 14.2 Å². The van der Waals surface area contributed by atoms with E-state index in [4.69, 9.17) is 25.8 Å². The average Bonchev–Trinajstić information content (AvgIpc) is 3.05. The third-order valence-electron chi connectivity index (χ3n) is 5.39. The quantitative estimate of drug-likeness (QED) is 0.394. The molecule has 1 fully saturated rings. The molecule has 0 spiro atoms. The van der Waals surface area contributed by atoms with Crippen molar-refractivity contribution in [3.8, 4) is 17.2 Å². The molecule has 2 aromatic rings. The number of fused-ring (bicyclic) bond motifs is 1. The lowest BCUT2D eigenvalue weighted by Crippen LogP contribution is -2.30. The number of rotatable bonds is 6. The fourth-order valence-corrected chi connectivity index (χ4v) is 4.17. The van der Waals surface area contributed by atoms with E-state index in [1.807, 2.05) is 13.8 Å². The Morgan fingerprint density at radius 1 is 1.12 bits per heavy atom. The topological polar surface area (TPSA) is 85.3 Å². The van der Waals surface area contributed by atoms with Gasteiger partial charge in [0.2, 0.25) is 0 Å². The number of ether oxygens (including phenoxy) is 3. The van der Waals surface area contributed by atoms with Crippen molar-refractivity contribution in [1.82, 2.24) is 4.90 Å². The molecule has 1 saturated heterocycles. The molecule has 0 bridgehead atoms. The zero-order chi connectivity index (χ0) is 22.8. The first kappa shape index (κ1) is 22.0. The molecule has 2 aliphatic rings. The summed E-state index contributed by atoms with van der Waals surface area (Å²) in [5, 5.41) is 11.6. The number of carbonyl (C=O) groups excluding carboxylic acids is 2. The maximum Gasteiger partial charge on any atom is 0.295 e. The van der Waals surface area contributed by atoms with E-state index >= 15 is 0 Å². The summed E-state index contributed by atoms with van der Waals surface area (Å²) in [5.74, 6) is -0.125. The molecule has 0 saturated carbocycles. The summed E-state index contributed by atoms with van der Waals surface area (Å²) < 4.78 is 16.8. The Kier molecular flexibility index (Phi) is 6.28. The molecule has 1 amide bonds. The third kappa shape index (κ3) is 3.88. The van der Waals surface area contributed by atoms with E-state index in [0.717, 1.165) is 0 Å². The van der Waals surface area contributed by atoms with Gasteiger partial charge in [0.15, 0.2) is 11.5 Å². The number of halogens is 1. The van der Waals surface area contributed by atoms with Crippen molar-refractivity contribution in [2.45, 2.75) is 26.3 Å². The summed E-state index contributed by atoms with van der Waals surface area (Å²) in [4.78, 5) is 27.4. The molecule has 2 aliphatic heterocycles. The number of likely N-dealkylation sites (tertiary alicyclic amines) is 1. The molecule has 1 N–H and O–H groups in total. The highest BCUT2D eigenvalue weighted by molar-refractivity contribution is 6.46. The van der Waals surface area contributed by atoms with Crippen molar-refractivity contribution in [1.29, 1.82) is 0 Å². The monoisotopic (exact) mass is 457 g/mol. The highest BCUT2D eigenvalue weighted by atomic mass is 35.5. The van der Waals surface area contributed by atoms with Gasteiger partial charge in [-0.1, -0.05) is 24.6 Å². The number of aliphatic hydroxyl groups excluding tert-OH is 1. The van der Waals surface area contributed by atoms with E-state index in [0.29, 0.717) is 66.2 Å². The minimum atomic E-state index is -0.753. The predicted molar refractivity (Wildman–Crippen MR) is 119 cm³/mol. The first-order valence-electron chi connectivity index (χ1n) is 10.6. The van der Waals surface area contributed by atoms with E-state index in [1.54, 1.807) is 36.4 Å². The number of benzene rings is 2. The van der Waals surface area contributed by atoms with Gasteiger partial charge in [-0.2, -0.15) is 0 Å². The molecule has 0 aliphatic carbocycles. The molecule has 1 atom stereocenters. The van der Waals surface area contributed by atoms with Crippen molar-refractivity contribution in [3.05, 3.63) is 58.1 Å². The highest BCUT2D eigenvalue weighted by Crippen LogP contribution is 2.43. The Hall–Kier alpha value is -3.19. The molecule has 4 rings (SSSR count). The van der Waals surface area contributed by atoms with Crippen LogP contribution in [0.4, 0.5) is 0 Å². The largest absolute Gasteiger partial charge is 0.507 e. The zero-order valence-electron chi connectivity index (χ0n) is 17.9. The first-order chi connectivity index (χ1) is 15.5. The second kappa shape index (κ2) is 9.12.